The monoisotopic (exact) mass is 339 g/mol. The van der Waals surface area contributed by atoms with Gasteiger partial charge in [-0.2, -0.15) is 13.2 Å². The number of ether oxygens (including phenoxy) is 1. The zero-order valence-corrected chi connectivity index (χ0v) is 13.0. The van der Waals surface area contributed by atoms with Crippen LogP contribution >= 0.6 is 0 Å². The molecular formula is C13H16F3NO4S. The van der Waals surface area contributed by atoms with Crippen molar-refractivity contribution < 1.29 is 31.1 Å². The molecule has 1 amide bonds. The van der Waals surface area contributed by atoms with E-state index < -0.39 is 34.6 Å². The average Bonchev–Trinajstić information content (AvgIpc) is 2.36. The van der Waals surface area contributed by atoms with Gasteiger partial charge in [0.1, 0.15) is 12.7 Å². The lowest BCUT2D eigenvalue weighted by Gasteiger charge is -2.16. The van der Waals surface area contributed by atoms with Gasteiger partial charge in [-0.15, -0.1) is 0 Å². The number of carbonyl (C=O) groups is 1. The predicted octanol–water partition coefficient (Wildman–Crippen LogP) is 2.30. The molecule has 1 aromatic carbocycles. The van der Waals surface area contributed by atoms with Crippen LogP contribution in [-0.2, 0) is 19.4 Å². The van der Waals surface area contributed by atoms with Crippen LogP contribution in [-0.4, -0.2) is 39.5 Å². The van der Waals surface area contributed by atoms with Crippen LogP contribution in [0.1, 0.15) is 12.5 Å². The van der Waals surface area contributed by atoms with Crippen LogP contribution in [0.4, 0.5) is 18.9 Å². The number of carbonyl (C=O) groups excluding carboxylic acids is 1. The molecule has 124 valence electrons. The molecule has 1 N–H and O–H groups in total. The van der Waals surface area contributed by atoms with E-state index in [1.165, 1.54) is 25.1 Å². The third kappa shape index (κ3) is 5.64. The number of amides is 1. The van der Waals surface area contributed by atoms with Gasteiger partial charge >= 0.3 is 6.18 Å². The molecule has 5 nitrogen and oxygen atoms in total. The van der Waals surface area contributed by atoms with Crippen LogP contribution in [0.25, 0.3) is 0 Å². The van der Waals surface area contributed by atoms with Gasteiger partial charge in [-0.05, 0) is 31.5 Å². The molecule has 1 aromatic rings. The molecular weight excluding hydrogens is 323 g/mol. The Morgan fingerprint density at radius 2 is 1.95 bits per heavy atom. The molecule has 0 spiro atoms. The number of nitrogens with one attached hydrogen (secondary N) is 1. The highest BCUT2D eigenvalue weighted by Gasteiger charge is 2.30. The Morgan fingerprint density at radius 3 is 2.45 bits per heavy atom. The van der Waals surface area contributed by atoms with Crippen molar-refractivity contribution in [1.82, 2.24) is 0 Å². The molecule has 0 fully saturated rings. The first-order valence-electron chi connectivity index (χ1n) is 6.20. The van der Waals surface area contributed by atoms with Crippen LogP contribution in [0.3, 0.4) is 0 Å². The first kappa shape index (κ1) is 18.4. The number of hydrogen-bond acceptors (Lipinski definition) is 4. The van der Waals surface area contributed by atoms with Crippen molar-refractivity contribution in [2.75, 3.05) is 18.2 Å². The van der Waals surface area contributed by atoms with Crippen LogP contribution in [0.2, 0.25) is 0 Å². The molecule has 0 saturated heterocycles. The molecule has 0 aliphatic heterocycles. The maximum Gasteiger partial charge on any atom is 0.411 e. The van der Waals surface area contributed by atoms with Gasteiger partial charge in [0.05, 0.1) is 4.90 Å². The summed E-state index contributed by atoms with van der Waals surface area (Å²) >= 11 is 0. The third-order valence-electron chi connectivity index (χ3n) is 2.76. The molecule has 0 heterocycles. The summed E-state index contributed by atoms with van der Waals surface area (Å²) in [5.74, 6) is -0.794. The zero-order chi connectivity index (χ0) is 17.1. The molecule has 0 unspecified atom stereocenters. The highest BCUT2D eigenvalue weighted by Crippen LogP contribution is 2.21. The lowest BCUT2D eigenvalue weighted by molar-refractivity contribution is -0.184. The standard InChI is InChI=1S/C13H16F3NO4S/c1-8-4-5-10(22(3,19)20)6-11(8)17-12(18)9(2)21-7-13(14,15)16/h4-6,9H,7H2,1-3H3,(H,17,18)/t9-/m0/s1. The van der Waals surface area contributed by atoms with Gasteiger partial charge in [0.25, 0.3) is 5.91 Å². The fourth-order valence-corrected chi connectivity index (χ4v) is 2.14. The molecule has 1 rings (SSSR count). The lowest BCUT2D eigenvalue weighted by atomic mass is 10.2. The Bertz CT molecular complexity index is 656. The molecule has 0 aliphatic carbocycles. The fourth-order valence-electron chi connectivity index (χ4n) is 1.50. The highest BCUT2D eigenvalue weighted by molar-refractivity contribution is 7.90. The van der Waals surface area contributed by atoms with Gasteiger partial charge in [-0.3, -0.25) is 4.79 Å². The van der Waals surface area contributed by atoms with Gasteiger partial charge in [-0.1, -0.05) is 6.07 Å². The predicted molar refractivity (Wildman–Crippen MR) is 74.4 cm³/mol. The Labute approximate surface area is 126 Å². The van der Waals surface area contributed by atoms with Crippen molar-refractivity contribution >= 4 is 21.4 Å². The maximum atomic E-state index is 12.0. The molecule has 22 heavy (non-hydrogen) atoms. The van der Waals surface area contributed by atoms with E-state index in [9.17, 15) is 26.4 Å². The van der Waals surface area contributed by atoms with Crippen LogP contribution in [0.5, 0.6) is 0 Å². The summed E-state index contributed by atoms with van der Waals surface area (Å²) in [6.45, 7) is 1.27. The SMILES string of the molecule is Cc1ccc(S(C)(=O)=O)cc1NC(=O)[C@H](C)OCC(F)(F)F. The molecule has 0 aromatic heterocycles. The van der Waals surface area contributed by atoms with Crippen LogP contribution in [0, 0.1) is 6.92 Å². The molecule has 0 saturated carbocycles. The molecule has 0 radical (unpaired) electrons. The largest absolute Gasteiger partial charge is 0.411 e. The highest BCUT2D eigenvalue weighted by atomic mass is 32.2. The topological polar surface area (TPSA) is 72.5 Å². The minimum Gasteiger partial charge on any atom is -0.359 e. The minimum absolute atomic E-state index is 0.00253. The van der Waals surface area contributed by atoms with Crippen LogP contribution in [0.15, 0.2) is 23.1 Å². The summed E-state index contributed by atoms with van der Waals surface area (Å²) in [5.41, 5.74) is 0.777. The zero-order valence-electron chi connectivity index (χ0n) is 12.2. The van der Waals surface area contributed by atoms with E-state index in [4.69, 9.17) is 0 Å². The van der Waals surface area contributed by atoms with Gasteiger partial charge < -0.3 is 10.1 Å². The fraction of sp³-hybridized carbons (Fsp3) is 0.462. The van der Waals surface area contributed by atoms with Crippen molar-refractivity contribution in [3.8, 4) is 0 Å². The number of sulfone groups is 1. The summed E-state index contributed by atoms with van der Waals surface area (Å²) in [7, 11) is -3.46. The van der Waals surface area contributed by atoms with E-state index >= 15 is 0 Å². The molecule has 9 heteroatoms. The lowest BCUT2D eigenvalue weighted by Crippen LogP contribution is -2.31. The first-order chi connectivity index (χ1) is 9.90. The second-order valence-corrected chi connectivity index (χ2v) is 6.82. The number of hydrogen-bond donors (Lipinski definition) is 1. The second kappa shape index (κ2) is 6.66. The Balaban J connectivity index is 2.84. The van der Waals surface area contributed by atoms with E-state index in [2.05, 4.69) is 10.1 Å². The number of anilines is 1. The number of aryl methyl sites for hydroxylation is 1. The number of halogens is 3. The van der Waals surface area contributed by atoms with E-state index in [1.54, 1.807) is 6.92 Å². The minimum atomic E-state index is -4.53. The van der Waals surface area contributed by atoms with Crippen molar-refractivity contribution in [3.63, 3.8) is 0 Å². The van der Waals surface area contributed by atoms with Crippen LogP contribution < -0.4 is 5.32 Å². The summed E-state index contributed by atoms with van der Waals surface area (Å²) < 4.78 is 63.4. The average molecular weight is 339 g/mol. The van der Waals surface area contributed by atoms with E-state index in [0.29, 0.717) is 5.56 Å². The number of benzene rings is 1. The maximum absolute atomic E-state index is 12.0. The normalized spacial score (nSPS) is 13.7. The molecule has 0 aliphatic rings. The van der Waals surface area contributed by atoms with Crippen molar-refractivity contribution in [3.05, 3.63) is 23.8 Å². The summed E-state index contributed by atoms with van der Waals surface area (Å²) in [4.78, 5) is 11.8. The molecule has 0 bridgehead atoms. The Morgan fingerprint density at radius 1 is 1.36 bits per heavy atom. The second-order valence-electron chi connectivity index (χ2n) is 4.81. The van der Waals surface area contributed by atoms with Crippen molar-refractivity contribution in [2.45, 2.75) is 31.0 Å². The first-order valence-corrected chi connectivity index (χ1v) is 8.09. The quantitative estimate of drug-likeness (QED) is 0.893. The number of alkyl halides is 3. The van der Waals surface area contributed by atoms with Gasteiger partial charge in [-0.25, -0.2) is 8.42 Å². The van der Waals surface area contributed by atoms with Crippen molar-refractivity contribution in [1.29, 1.82) is 0 Å². The summed E-state index contributed by atoms with van der Waals surface area (Å²) in [6.07, 6.45) is -4.85. The van der Waals surface area contributed by atoms with Gasteiger partial charge in [0.15, 0.2) is 9.84 Å². The Kier molecular flexibility index (Phi) is 5.58. The van der Waals surface area contributed by atoms with E-state index in [0.717, 1.165) is 6.26 Å². The van der Waals surface area contributed by atoms with Gasteiger partial charge in [0, 0.05) is 11.9 Å². The van der Waals surface area contributed by atoms with E-state index in [-0.39, 0.29) is 10.6 Å². The molecule has 1 atom stereocenters. The van der Waals surface area contributed by atoms with Crippen molar-refractivity contribution in [2.24, 2.45) is 0 Å². The smallest absolute Gasteiger partial charge is 0.359 e. The summed E-state index contributed by atoms with van der Waals surface area (Å²) in [5, 5.41) is 2.36. The third-order valence-corrected chi connectivity index (χ3v) is 3.87. The van der Waals surface area contributed by atoms with Gasteiger partial charge in [0.2, 0.25) is 0 Å². The Hall–Kier alpha value is -1.61. The van der Waals surface area contributed by atoms with E-state index in [1.807, 2.05) is 0 Å². The summed E-state index contributed by atoms with van der Waals surface area (Å²) in [6, 6.07) is 4.12. The number of rotatable bonds is 5.